The van der Waals surface area contributed by atoms with Crippen molar-refractivity contribution in [2.45, 2.75) is 26.4 Å². The van der Waals surface area contributed by atoms with E-state index in [2.05, 4.69) is 11.0 Å². The zero-order valence-electron chi connectivity index (χ0n) is 11.7. The maximum Gasteiger partial charge on any atom is 0.126 e. The maximum absolute atomic E-state index is 13.3. The molecular weight excluding hydrogens is 251 g/mol. The molecule has 104 valence electrons. The highest BCUT2D eigenvalue weighted by atomic mass is 19.1. The highest BCUT2D eigenvalue weighted by Gasteiger charge is 2.17. The fourth-order valence-corrected chi connectivity index (χ4v) is 2.90. The van der Waals surface area contributed by atoms with Gasteiger partial charge in [-0.2, -0.15) is 0 Å². The average molecular weight is 270 g/mol. The highest BCUT2D eigenvalue weighted by molar-refractivity contribution is 5.51. The van der Waals surface area contributed by atoms with Crippen LogP contribution in [0.25, 0.3) is 0 Å². The van der Waals surface area contributed by atoms with E-state index in [0.29, 0.717) is 5.56 Å². The van der Waals surface area contributed by atoms with Crippen molar-refractivity contribution in [2.24, 2.45) is 0 Å². The van der Waals surface area contributed by atoms with Crippen LogP contribution in [0.1, 0.15) is 22.3 Å². The van der Waals surface area contributed by atoms with Crippen molar-refractivity contribution >= 4 is 5.69 Å². The van der Waals surface area contributed by atoms with E-state index in [4.69, 9.17) is 5.73 Å². The molecule has 0 saturated carbocycles. The van der Waals surface area contributed by atoms with Gasteiger partial charge in [-0.15, -0.1) is 0 Å². The van der Waals surface area contributed by atoms with Gasteiger partial charge in [0, 0.05) is 25.3 Å². The average Bonchev–Trinajstić information content (AvgIpc) is 2.43. The molecule has 2 aromatic rings. The lowest BCUT2D eigenvalue weighted by Gasteiger charge is -2.29. The Morgan fingerprint density at radius 2 is 2.10 bits per heavy atom. The molecule has 1 aliphatic rings. The number of hydrogen-bond acceptors (Lipinski definition) is 2. The topological polar surface area (TPSA) is 29.3 Å². The molecule has 3 heteroatoms. The van der Waals surface area contributed by atoms with Gasteiger partial charge in [0.05, 0.1) is 0 Å². The standard InChI is InChI=1S/C17H19FN2/c1-12-9-13(5-6-16(12)18)10-20-8-7-15-14(11-20)3-2-4-17(15)19/h2-6,9H,7-8,10-11,19H2,1H3. The predicted octanol–water partition coefficient (Wildman–Crippen LogP) is 3.27. The lowest BCUT2D eigenvalue weighted by molar-refractivity contribution is 0.246. The van der Waals surface area contributed by atoms with Gasteiger partial charge in [-0.05, 0) is 47.7 Å². The van der Waals surface area contributed by atoms with Crippen LogP contribution in [0.15, 0.2) is 36.4 Å². The van der Waals surface area contributed by atoms with Crippen LogP contribution in [-0.4, -0.2) is 11.4 Å². The summed E-state index contributed by atoms with van der Waals surface area (Å²) < 4.78 is 13.3. The summed E-state index contributed by atoms with van der Waals surface area (Å²) >= 11 is 0. The Morgan fingerprint density at radius 3 is 2.90 bits per heavy atom. The Hall–Kier alpha value is -1.87. The van der Waals surface area contributed by atoms with E-state index >= 15 is 0 Å². The number of nitrogen functional groups attached to an aromatic ring is 1. The molecule has 0 aliphatic carbocycles. The van der Waals surface area contributed by atoms with Crippen molar-refractivity contribution in [1.82, 2.24) is 4.90 Å². The highest BCUT2D eigenvalue weighted by Crippen LogP contribution is 2.25. The minimum Gasteiger partial charge on any atom is -0.398 e. The van der Waals surface area contributed by atoms with Crippen LogP contribution in [0.3, 0.4) is 0 Å². The minimum atomic E-state index is -0.134. The summed E-state index contributed by atoms with van der Waals surface area (Å²) in [6.07, 6.45) is 0.988. The van der Waals surface area contributed by atoms with E-state index in [-0.39, 0.29) is 5.82 Å². The van der Waals surface area contributed by atoms with Crippen molar-refractivity contribution in [3.05, 3.63) is 64.5 Å². The molecule has 0 spiro atoms. The molecule has 0 bridgehead atoms. The van der Waals surface area contributed by atoms with E-state index in [9.17, 15) is 4.39 Å². The SMILES string of the molecule is Cc1cc(CN2CCc3c(N)cccc3C2)ccc1F. The summed E-state index contributed by atoms with van der Waals surface area (Å²) in [4.78, 5) is 2.38. The molecule has 0 aromatic heterocycles. The molecule has 0 unspecified atom stereocenters. The third-order valence-corrected chi connectivity index (χ3v) is 4.01. The number of anilines is 1. The number of aryl methyl sites for hydroxylation is 1. The van der Waals surface area contributed by atoms with E-state index in [1.165, 1.54) is 11.1 Å². The van der Waals surface area contributed by atoms with Crippen LogP contribution in [0, 0.1) is 12.7 Å². The molecule has 0 amide bonds. The van der Waals surface area contributed by atoms with E-state index in [1.807, 2.05) is 31.2 Å². The lowest BCUT2D eigenvalue weighted by atomic mass is 9.97. The third kappa shape index (κ3) is 2.54. The summed E-state index contributed by atoms with van der Waals surface area (Å²) in [6.45, 7) is 4.58. The molecule has 2 nitrogen and oxygen atoms in total. The first kappa shape index (κ1) is 13.1. The number of nitrogens with two attached hydrogens (primary N) is 1. The third-order valence-electron chi connectivity index (χ3n) is 4.01. The Labute approximate surface area is 119 Å². The molecule has 1 aliphatic heterocycles. The Kier molecular flexibility index (Phi) is 3.45. The molecule has 20 heavy (non-hydrogen) atoms. The quantitative estimate of drug-likeness (QED) is 0.849. The second-order valence-electron chi connectivity index (χ2n) is 5.53. The van der Waals surface area contributed by atoms with Gasteiger partial charge in [0.25, 0.3) is 0 Å². The van der Waals surface area contributed by atoms with Crippen LogP contribution in [-0.2, 0) is 19.5 Å². The van der Waals surface area contributed by atoms with Gasteiger partial charge in [-0.3, -0.25) is 4.90 Å². The molecule has 3 rings (SSSR count). The monoisotopic (exact) mass is 270 g/mol. The van der Waals surface area contributed by atoms with Crippen molar-refractivity contribution in [1.29, 1.82) is 0 Å². The van der Waals surface area contributed by atoms with Gasteiger partial charge in [0.2, 0.25) is 0 Å². The first-order valence-corrected chi connectivity index (χ1v) is 6.97. The molecule has 2 aromatic carbocycles. The van der Waals surface area contributed by atoms with Crippen LogP contribution >= 0.6 is 0 Å². The fraction of sp³-hybridized carbons (Fsp3) is 0.294. The lowest BCUT2D eigenvalue weighted by Crippen LogP contribution is -2.30. The summed E-state index contributed by atoms with van der Waals surface area (Å²) in [5, 5.41) is 0. The zero-order valence-corrected chi connectivity index (χ0v) is 11.7. The summed E-state index contributed by atoms with van der Waals surface area (Å²) in [6, 6.07) is 11.5. The minimum absolute atomic E-state index is 0.134. The Bertz CT molecular complexity index is 637. The second-order valence-corrected chi connectivity index (χ2v) is 5.53. The van der Waals surface area contributed by atoms with Crippen molar-refractivity contribution in [3.63, 3.8) is 0 Å². The largest absolute Gasteiger partial charge is 0.398 e. The van der Waals surface area contributed by atoms with Gasteiger partial charge in [0.15, 0.2) is 0 Å². The summed E-state index contributed by atoms with van der Waals surface area (Å²) in [5.74, 6) is -0.134. The Morgan fingerprint density at radius 1 is 1.25 bits per heavy atom. The number of benzene rings is 2. The number of nitrogens with zero attached hydrogens (tertiary/aromatic N) is 1. The molecule has 0 radical (unpaired) electrons. The summed E-state index contributed by atoms with van der Waals surface area (Å²) in [5.41, 5.74) is 11.4. The van der Waals surface area contributed by atoms with E-state index < -0.39 is 0 Å². The maximum atomic E-state index is 13.3. The number of fused-ring (bicyclic) bond motifs is 1. The second kappa shape index (κ2) is 5.25. The van der Waals surface area contributed by atoms with E-state index in [1.54, 1.807) is 6.07 Å². The smallest absolute Gasteiger partial charge is 0.126 e. The molecule has 1 heterocycles. The fourth-order valence-electron chi connectivity index (χ4n) is 2.90. The first-order chi connectivity index (χ1) is 9.63. The van der Waals surface area contributed by atoms with Gasteiger partial charge in [-0.25, -0.2) is 4.39 Å². The normalized spacial score (nSPS) is 15.1. The van der Waals surface area contributed by atoms with Crippen LogP contribution < -0.4 is 5.73 Å². The van der Waals surface area contributed by atoms with Gasteiger partial charge < -0.3 is 5.73 Å². The van der Waals surface area contributed by atoms with Gasteiger partial charge in [-0.1, -0.05) is 24.3 Å². The van der Waals surface area contributed by atoms with Crippen LogP contribution in [0.2, 0.25) is 0 Å². The van der Waals surface area contributed by atoms with Crippen molar-refractivity contribution in [3.8, 4) is 0 Å². The van der Waals surface area contributed by atoms with Crippen LogP contribution in [0.4, 0.5) is 10.1 Å². The number of hydrogen-bond donors (Lipinski definition) is 1. The molecule has 0 fully saturated rings. The van der Waals surface area contributed by atoms with Crippen LogP contribution in [0.5, 0.6) is 0 Å². The molecule has 2 N–H and O–H groups in total. The zero-order chi connectivity index (χ0) is 14.1. The molecular formula is C17H19FN2. The van der Waals surface area contributed by atoms with Gasteiger partial charge in [0.1, 0.15) is 5.82 Å². The van der Waals surface area contributed by atoms with Crippen molar-refractivity contribution < 1.29 is 4.39 Å². The number of rotatable bonds is 2. The van der Waals surface area contributed by atoms with E-state index in [0.717, 1.165) is 37.3 Å². The Balaban J connectivity index is 1.76. The molecule has 0 saturated heterocycles. The first-order valence-electron chi connectivity index (χ1n) is 6.97. The predicted molar refractivity (Wildman–Crippen MR) is 79.8 cm³/mol. The number of halogens is 1. The molecule has 0 atom stereocenters. The van der Waals surface area contributed by atoms with Gasteiger partial charge >= 0.3 is 0 Å². The van der Waals surface area contributed by atoms with Crippen molar-refractivity contribution in [2.75, 3.05) is 12.3 Å². The summed E-state index contributed by atoms with van der Waals surface area (Å²) in [7, 11) is 0.